The number of thiophene rings is 1. The van der Waals surface area contributed by atoms with Crippen molar-refractivity contribution in [1.82, 2.24) is 4.72 Å². The number of hydrogen-bond donors (Lipinski definition) is 3. The first-order valence-corrected chi connectivity index (χ1v) is 14.3. The SMILES string of the molecule is CNS(=O)(=O)c1ccc2sc3ccc(S(=O)(=O)Nc4ccccc4S(N)(=O)=O)cc3c2c1. The number of fused-ring (bicyclic) bond motifs is 3. The van der Waals surface area contributed by atoms with Crippen molar-refractivity contribution in [2.24, 2.45) is 5.14 Å². The van der Waals surface area contributed by atoms with E-state index in [1.807, 2.05) is 0 Å². The van der Waals surface area contributed by atoms with Gasteiger partial charge in [0.25, 0.3) is 10.0 Å². The van der Waals surface area contributed by atoms with Crippen LogP contribution in [0.25, 0.3) is 20.2 Å². The molecule has 4 N–H and O–H groups in total. The Labute approximate surface area is 189 Å². The van der Waals surface area contributed by atoms with Gasteiger partial charge in [-0.2, -0.15) is 0 Å². The Morgan fingerprint density at radius 2 is 1.28 bits per heavy atom. The Bertz CT molecular complexity index is 1690. The summed E-state index contributed by atoms with van der Waals surface area (Å²) in [5.74, 6) is 0. The van der Waals surface area contributed by atoms with Crippen LogP contribution in [-0.2, 0) is 30.1 Å². The third kappa shape index (κ3) is 4.10. The summed E-state index contributed by atoms with van der Waals surface area (Å²) in [7, 11) is -10.7. The zero-order valence-corrected chi connectivity index (χ0v) is 19.7. The molecule has 4 aromatic rings. The van der Waals surface area contributed by atoms with Crippen molar-refractivity contribution in [2.45, 2.75) is 14.7 Å². The Hall–Kier alpha value is -2.55. The average Bonchev–Trinajstić information content (AvgIpc) is 3.10. The fourth-order valence-electron chi connectivity index (χ4n) is 3.19. The van der Waals surface area contributed by atoms with E-state index in [0.717, 1.165) is 9.40 Å². The second-order valence-electron chi connectivity index (χ2n) is 6.77. The Morgan fingerprint density at radius 1 is 0.750 bits per heavy atom. The Balaban J connectivity index is 1.85. The first-order chi connectivity index (χ1) is 14.9. The number of benzene rings is 3. The van der Waals surface area contributed by atoms with Gasteiger partial charge in [0.15, 0.2) is 0 Å². The van der Waals surface area contributed by atoms with E-state index in [1.54, 1.807) is 12.1 Å². The van der Waals surface area contributed by atoms with E-state index in [-0.39, 0.29) is 20.4 Å². The molecule has 0 amide bonds. The molecule has 4 rings (SSSR count). The van der Waals surface area contributed by atoms with Gasteiger partial charge in [-0.05, 0) is 55.6 Å². The molecule has 0 unspecified atom stereocenters. The summed E-state index contributed by atoms with van der Waals surface area (Å²) in [4.78, 5) is -0.413. The topological polar surface area (TPSA) is 152 Å². The summed E-state index contributed by atoms with van der Waals surface area (Å²) in [6, 6.07) is 14.5. The second kappa shape index (κ2) is 7.79. The standard InChI is InChI=1S/C19H17N3O6S4/c1-21-31(25,26)12-6-8-17-14(10-12)15-11-13(7-9-18(15)29-17)32(27,28)22-16-4-2-3-5-19(16)30(20,23)24/h2-11,21-22H,1H3,(H2,20,23,24). The molecule has 3 aromatic carbocycles. The molecule has 0 aliphatic heterocycles. The number of nitrogens with two attached hydrogens (primary N) is 1. The highest BCUT2D eigenvalue weighted by atomic mass is 32.2. The third-order valence-electron chi connectivity index (χ3n) is 4.74. The number of hydrogen-bond acceptors (Lipinski definition) is 7. The predicted octanol–water partition coefficient (Wildman–Crippen LogP) is 2.41. The smallest absolute Gasteiger partial charge is 0.261 e. The van der Waals surface area contributed by atoms with E-state index in [2.05, 4.69) is 9.44 Å². The van der Waals surface area contributed by atoms with Gasteiger partial charge in [0.05, 0.1) is 15.5 Å². The average molecular weight is 512 g/mol. The summed E-state index contributed by atoms with van der Waals surface area (Å²) in [5.41, 5.74) is -0.173. The molecule has 0 bridgehead atoms. The van der Waals surface area contributed by atoms with Gasteiger partial charge in [0.1, 0.15) is 4.90 Å². The van der Waals surface area contributed by atoms with Crippen molar-refractivity contribution < 1.29 is 25.3 Å². The molecule has 0 saturated carbocycles. The van der Waals surface area contributed by atoms with Crippen LogP contribution in [0.3, 0.4) is 0 Å². The zero-order valence-electron chi connectivity index (χ0n) is 16.4. The maximum Gasteiger partial charge on any atom is 0.261 e. The van der Waals surface area contributed by atoms with Gasteiger partial charge in [0, 0.05) is 20.2 Å². The number of para-hydroxylation sites is 1. The predicted molar refractivity (Wildman–Crippen MR) is 124 cm³/mol. The largest absolute Gasteiger partial charge is 0.278 e. The van der Waals surface area contributed by atoms with E-state index >= 15 is 0 Å². The minimum atomic E-state index is -4.17. The highest BCUT2D eigenvalue weighted by Crippen LogP contribution is 2.36. The molecule has 0 aliphatic rings. The van der Waals surface area contributed by atoms with Crippen LogP contribution in [0, 0.1) is 0 Å². The lowest BCUT2D eigenvalue weighted by molar-refractivity contribution is 0.588. The lowest BCUT2D eigenvalue weighted by atomic mass is 10.1. The summed E-state index contributed by atoms with van der Waals surface area (Å²) in [6.45, 7) is 0. The van der Waals surface area contributed by atoms with E-state index < -0.39 is 30.1 Å². The Kier molecular flexibility index (Phi) is 5.51. The molecular weight excluding hydrogens is 494 g/mol. The molecule has 0 atom stereocenters. The van der Waals surface area contributed by atoms with Gasteiger partial charge in [-0.15, -0.1) is 11.3 Å². The van der Waals surface area contributed by atoms with Crippen molar-refractivity contribution in [3.63, 3.8) is 0 Å². The van der Waals surface area contributed by atoms with Crippen LogP contribution in [0.2, 0.25) is 0 Å². The molecule has 0 aliphatic carbocycles. The van der Waals surface area contributed by atoms with Crippen molar-refractivity contribution in [3.8, 4) is 0 Å². The first-order valence-electron chi connectivity index (χ1n) is 8.97. The third-order valence-corrected chi connectivity index (χ3v) is 9.64. The van der Waals surface area contributed by atoms with Crippen molar-refractivity contribution in [3.05, 3.63) is 60.7 Å². The molecule has 1 heterocycles. The van der Waals surface area contributed by atoms with Gasteiger partial charge >= 0.3 is 0 Å². The molecule has 0 fully saturated rings. The molecule has 0 radical (unpaired) electrons. The summed E-state index contributed by atoms with van der Waals surface area (Å²) in [6.07, 6.45) is 0. The van der Waals surface area contributed by atoms with Crippen LogP contribution in [0.15, 0.2) is 75.4 Å². The van der Waals surface area contributed by atoms with Crippen LogP contribution in [0.5, 0.6) is 0 Å². The quantitative estimate of drug-likeness (QED) is 0.361. The molecule has 168 valence electrons. The van der Waals surface area contributed by atoms with Crippen LogP contribution in [-0.4, -0.2) is 32.3 Å². The fraction of sp³-hybridized carbons (Fsp3) is 0.0526. The number of primary sulfonamides is 1. The lowest BCUT2D eigenvalue weighted by Crippen LogP contribution is -2.18. The van der Waals surface area contributed by atoms with E-state index in [4.69, 9.17) is 5.14 Å². The van der Waals surface area contributed by atoms with Crippen LogP contribution < -0.4 is 14.6 Å². The molecule has 9 nitrogen and oxygen atoms in total. The van der Waals surface area contributed by atoms with Gasteiger partial charge in [-0.3, -0.25) is 4.72 Å². The number of rotatable bonds is 6. The monoisotopic (exact) mass is 511 g/mol. The number of anilines is 1. The van der Waals surface area contributed by atoms with Gasteiger partial charge in [-0.25, -0.2) is 35.1 Å². The van der Waals surface area contributed by atoms with Crippen LogP contribution in [0.1, 0.15) is 0 Å². The van der Waals surface area contributed by atoms with E-state index in [9.17, 15) is 25.3 Å². The maximum absolute atomic E-state index is 13.0. The van der Waals surface area contributed by atoms with Crippen molar-refractivity contribution >= 4 is 67.3 Å². The van der Waals surface area contributed by atoms with Crippen molar-refractivity contribution in [2.75, 3.05) is 11.8 Å². The van der Waals surface area contributed by atoms with Crippen molar-refractivity contribution in [1.29, 1.82) is 0 Å². The molecule has 1 aromatic heterocycles. The highest BCUT2D eigenvalue weighted by Gasteiger charge is 2.21. The molecule has 13 heteroatoms. The van der Waals surface area contributed by atoms with Gasteiger partial charge in [-0.1, -0.05) is 12.1 Å². The molecule has 0 saturated heterocycles. The van der Waals surface area contributed by atoms with Gasteiger partial charge in [0.2, 0.25) is 20.0 Å². The number of sulfonamides is 3. The minimum absolute atomic E-state index is 0.0562. The van der Waals surface area contributed by atoms with Crippen LogP contribution in [0.4, 0.5) is 5.69 Å². The summed E-state index contributed by atoms with van der Waals surface area (Å²) >= 11 is 1.39. The number of nitrogens with one attached hydrogen (secondary N) is 2. The summed E-state index contributed by atoms with van der Waals surface area (Å²) in [5, 5.41) is 6.33. The van der Waals surface area contributed by atoms with E-state index in [1.165, 1.54) is 66.9 Å². The van der Waals surface area contributed by atoms with Crippen LogP contribution >= 0.6 is 11.3 Å². The fourth-order valence-corrected chi connectivity index (χ4v) is 6.88. The molecular formula is C19H17N3O6S4. The molecule has 0 spiro atoms. The summed E-state index contributed by atoms with van der Waals surface area (Å²) < 4.78 is 80.0. The lowest BCUT2D eigenvalue weighted by Gasteiger charge is -2.11. The van der Waals surface area contributed by atoms with Gasteiger partial charge < -0.3 is 0 Å². The van der Waals surface area contributed by atoms with E-state index in [0.29, 0.717) is 10.8 Å². The normalized spacial score (nSPS) is 12.9. The minimum Gasteiger partial charge on any atom is -0.278 e. The maximum atomic E-state index is 13.0. The first kappa shape index (κ1) is 22.6. The Morgan fingerprint density at radius 3 is 1.81 bits per heavy atom. The second-order valence-corrected chi connectivity index (χ2v) is 13.0. The zero-order chi connectivity index (χ0) is 23.3. The highest BCUT2D eigenvalue weighted by molar-refractivity contribution is 7.93. The molecule has 32 heavy (non-hydrogen) atoms.